The van der Waals surface area contributed by atoms with E-state index in [1.165, 1.54) is 37.7 Å². The lowest BCUT2D eigenvalue weighted by atomic mass is 9.95. The average molecular weight is 508 g/mol. The third kappa shape index (κ3) is 13.1. The summed E-state index contributed by atoms with van der Waals surface area (Å²) < 4.78 is 27.4. The van der Waals surface area contributed by atoms with Crippen LogP contribution < -0.4 is 10.6 Å². The van der Waals surface area contributed by atoms with Gasteiger partial charge in [0.1, 0.15) is 9.84 Å². The minimum Gasteiger partial charge on any atom is -0.378 e. The molecule has 0 aromatic carbocycles. The summed E-state index contributed by atoms with van der Waals surface area (Å²) in [6.07, 6.45) is 6.18. The second-order valence-corrected chi connectivity index (χ2v) is 9.93. The monoisotopic (exact) mass is 507 g/mol. The summed E-state index contributed by atoms with van der Waals surface area (Å²) in [6, 6.07) is 0.478. The van der Waals surface area contributed by atoms with E-state index >= 15 is 0 Å². The zero-order valence-electron chi connectivity index (χ0n) is 15.6. The van der Waals surface area contributed by atoms with E-state index in [0.29, 0.717) is 19.2 Å². The van der Waals surface area contributed by atoms with Crippen LogP contribution in [0, 0.1) is 0 Å². The van der Waals surface area contributed by atoms with E-state index in [0.717, 1.165) is 17.8 Å². The number of halogens is 1. The van der Waals surface area contributed by atoms with Gasteiger partial charge in [-0.15, -0.1) is 24.0 Å². The third-order valence-electron chi connectivity index (χ3n) is 3.82. The highest BCUT2D eigenvalue weighted by atomic mass is 127. The van der Waals surface area contributed by atoms with Crippen LogP contribution in [0.3, 0.4) is 0 Å². The van der Waals surface area contributed by atoms with E-state index in [2.05, 4.69) is 41.2 Å². The lowest BCUT2D eigenvalue weighted by Gasteiger charge is -2.30. The summed E-state index contributed by atoms with van der Waals surface area (Å²) in [4.78, 5) is 4.53. The van der Waals surface area contributed by atoms with Gasteiger partial charge in [0.25, 0.3) is 0 Å². The Bertz CT molecular complexity index is 473. The molecule has 6 nitrogen and oxygen atoms in total. The molecule has 0 bridgehead atoms. The van der Waals surface area contributed by atoms with Gasteiger partial charge in [-0.05, 0) is 31.9 Å². The van der Waals surface area contributed by atoms with Crippen molar-refractivity contribution in [3.63, 3.8) is 0 Å². The fourth-order valence-electron chi connectivity index (χ4n) is 2.71. The first-order valence-electron chi connectivity index (χ1n) is 8.86. The number of guanidine groups is 1. The Kier molecular flexibility index (Phi) is 14.5. The molecule has 2 N–H and O–H groups in total. The van der Waals surface area contributed by atoms with Crippen LogP contribution >= 0.6 is 35.7 Å². The van der Waals surface area contributed by atoms with Crippen molar-refractivity contribution in [2.75, 3.05) is 44.1 Å². The van der Waals surface area contributed by atoms with Crippen molar-refractivity contribution in [1.82, 2.24) is 10.6 Å². The first-order valence-corrected chi connectivity index (χ1v) is 12.0. The van der Waals surface area contributed by atoms with Gasteiger partial charge in [0, 0.05) is 24.1 Å². The molecule has 0 saturated heterocycles. The van der Waals surface area contributed by atoms with Crippen molar-refractivity contribution >= 4 is 51.5 Å². The average Bonchev–Trinajstić information content (AvgIpc) is 2.50. The largest absolute Gasteiger partial charge is 0.378 e. The number of hydrogen-bond acceptors (Lipinski definition) is 5. The van der Waals surface area contributed by atoms with Crippen LogP contribution in [-0.4, -0.2) is 69.7 Å². The number of aliphatic imine (C=N–C) groups is 1. The van der Waals surface area contributed by atoms with Gasteiger partial charge in [-0.2, -0.15) is 11.8 Å². The van der Waals surface area contributed by atoms with Crippen molar-refractivity contribution in [2.45, 2.75) is 50.8 Å². The second kappa shape index (κ2) is 14.3. The van der Waals surface area contributed by atoms with Gasteiger partial charge in [0.15, 0.2) is 5.96 Å². The molecule has 0 heterocycles. The van der Waals surface area contributed by atoms with E-state index in [9.17, 15) is 8.42 Å². The number of nitrogens with zero attached hydrogens (tertiary/aromatic N) is 1. The first kappa shape index (κ1) is 25.3. The molecule has 0 spiro atoms. The smallest absolute Gasteiger partial charge is 0.191 e. The number of hydrogen-bond donors (Lipinski definition) is 2. The maximum Gasteiger partial charge on any atom is 0.191 e. The normalized spacial score (nSPS) is 21.5. The highest BCUT2D eigenvalue weighted by molar-refractivity contribution is 14.0. The Hall–Kier alpha value is 0.260. The molecule has 1 rings (SSSR count). The SMILES string of the molecule is CCNC(=NCCOCCS(C)(=O)=O)NC1CCCC(SCC)C1.I. The molecule has 2 unspecified atom stereocenters. The van der Waals surface area contributed by atoms with Gasteiger partial charge < -0.3 is 15.4 Å². The number of nitrogens with one attached hydrogen (secondary N) is 2. The molecule has 2 atom stereocenters. The molecule has 25 heavy (non-hydrogen) atoms. The van der Waals surface area contributed by atoms with E-state index in [-0.39, 0.29) is 36.3 Å². The van der Waals surface area contributed by atoms with Gasteiger partial charge in [0.05, 0.1) is 25.5 Å². The highest BCUT2D eigenvalue weighted by Gasteiger charge is 2.22. The molecule has 9 heteroatoms. The van der Waals surface area contributed by atoms with Gasteiger partial charge in [0.2, 0.25) is 0 Å². The maximum atomic E-state index is 11.0. The molecule has 1 saturated carbocycles. The summed E-state index contributed by atoms with van der Waals surface area (Å²) in [7, 11) is -2.95. The molecule has 0 amide bonds. The molecular formula is C16H34IN3O3S2. The van der Waals surface area contributed by atoms with Crippen LogP contribution in [-0.2, 0) is 14.6 Å². The predicted octanol–water partition coefficient (Wildman–Crippen LogP) is 2.29. The zero-order chi connectivity index (χ0) is 17.8. The molecule has 0 radical (unpaired) electrons. The van der Waals surface area contributed by atoms with E-state index in [1.54, 1.807) is 0 Å². The summed E-state index contributed by atoms with van der Waals surface area (Å²) >= 11 is 2.06. The molecule has 0 aromatic rings. The minimum absolute atomic E-state index is 0. The summed E-state index contributed by atoms with van der Waals surface area (Å²) in [5, 5.41) is 7.56. The standard InChI is InChI=1S/C16H33N3O3S2.HI/c1-4-17-16(18-9-10-22-11-12-24(3,20)21)19-14-7-6-8-15(13-14)23-5-2;/h14-15H,4-13H2,1-3H3,(H2,17,18,19);1H. The highest BCUT2D eigenvalue weighted by Crippen LogP contribution is 2.28. The van der Waals surface area contributed by atoms with E-state index in [4.69, 9.17) is 4.74 Å². The topological polar surface area (TPSA) is 79.8 Å². The van der Waals surface area contributed by atoms with Gasteiger partial charge in [-0.25, -0.2) is 8.42 Å². The Morgan fingerprint density at radius 2 is 2.04 bits per heavy atom. The Balaban J connectivity index is 0.00000576. The number of sulfone groups is 1. The quantitative estimate of drug-likeness (QED) is 0.205. The Morgan fingerprint density at radius 1 is 1.28 bits per heavy atom. The molecular weight excluding hydrogens is 473 g/mol. The molecule has 150 valence electrons. The van der Waals surface area contributed by atoms with Crippen molar-refractivity contribution in [3.05, 3.63) is 0 Å². The van der Waals surface area contributed by atoms with Crippen LogP contribution in [0.5, 0.6) is 0 Å². The van der Waals surface area contributed by atoms with Crippen LogP contribution in [0.2, 0.25) is 0 Å². The van der Waals surface area contributed by atoms with E-state index < -0.39 is 9.84 Å². The third-order valence-corrected chi connectivity index (χ3v) is 5.96. The van der Waals surface area contributed by atoms with Crippen molar-refractivity contribution in [3.8, 4) is 0 Å². The lowest BCUT2D eigenvalue weighted by Crippen LogP contribution is -2.45. The lowest BCUT2D eigenvalue weighted by molar-refractivity contribution is 0.157. The summed E-state index contributed by atoms with van der Waals surface area (Å²) in [6.45, 7) is 6.29. The van der Waals surface area contributed by atoms with Crippen LogP contribution in [0.25, 0.3) is 0 Å². The maximum absolute atomic E-state index is 11.0. The van der Waals surface area contributed by atoms with Crippen LogP contribution in [0.15, 0.2) is 4.99 Å². The number of rotatable bonds is 10. The summed E-state index contributed by atoms with van der Waals surface area (Å²) in [5.74, 6) is 2.07. The first-order chi connectivity index (χ1) is 11.4. The van der Waals surface area contributed by atoms with Gasteiger partial charge in [-0.3, -0.25) is 4.99 Å². The van der Waals surface area contributed by atoms with Crippen molar-refractivity contribution in [1.29, 1.82) is 0 Å². The molecule has 1 aliphatic carbocycles. The fourth-order valence-corrected chi connectivity index (χ4v) is 4.30. The van der Waals surface area contributed by atoms with Gasteiger partial charge in [-0.1, -0.05) is 13.3 Å². The van der Waals surface area contributed by atoms with Crippen LogP contribution in [0.4, 0.5) is 0 Å². The fraction of sp³-hybridized carbons (Fsp3) is 0.938. The Labute approximate surface area is 174 Å². The molecule has 1 fully saturated rings. The minimum atomic E-state index is -2.95. The number of ether oxygens (including phenoxy) is 1. The molecule has 0 aromatic heterocycles. The molecule has 1 aliphatic rings. The van der Waals surface area contributed by atoms with E-state index in [1.807, 2.05) is 0 Å². The Morgan fingerprint density at radius 3 is 2.68 bits per heavy atom. The van der Waals surface area contributed by atoms with Crippen molar-refractivity contribution < 1.29 is 13.2 Å². The van der Waals surface area contributed by atoms with Gasteiger partial charge >= 0.3 is 0 Å². The second-order valence-electron chi connectivity index (χ2n) is 6.09. The van der Waals surface area contributed by atoms with Crippen LogP contribution in [0.1, 0.15) is 39.5 Å². The molecule has 0 aliphatic heterocycles. The van der Waals surface area contributed by atoms with Crippen molar-refractivity contribution in [2.24, 2.45) is 4.99 Å². The number of thioether (sulfide) groups is 1. The zero-order valence-corrected chi connectivity index (χ0v) is 19.6. The predicted molar refractivity (Wildman–Crippen MR) is 119 cm³/mol. The summed E-state index contributed by atoms with van der Waals surface area (Å²) in [5.41, 5.74) is 0.